The van der Waals surface area contributed by atoms with E-state index in [0.717, 1.165) is 31.2 Å². The van der Waals surface area contributed by atoms with Gasteiger partial charge in [0.1, 0.15) is 11.5 Å². The largest absolute Gasteiger partial charge is 0.497 e. The van der Waals surface area contributed by atoms with Crippen LogP contribution in [0.2, 0.25) is 5.02 Å². The highest BCUT2D eigenvalue weighted by molar-refractivity contribution is 6.34. The first-order valence-electron chi connectivity index (χ1n) is 10.1. The second kappa shape index (κ2) is 10.3. The minimum Gasteiger partial charge on any atom is -0.497 e. The van der Waals surface area contributed by atoms with Gasteiger partial charge in [0.15, 0.2) is 0 Å². The summed E-state index contributed by atoms with van der Waals surface area (Å²) < 4.78 is 10.5. The van der Waals surface area contributed by atoms with Crippen LogP contribution in [-0.4, -0.2) is 32.1 Å². The molecule has 1 aliphatic carbocycles. The molecule has 7 heteroatoms. The summed E-state index contributed by atoms with van der Waals surface area (Å²) in [5.41, 5.74) is 1.62. The van der Waals surface area contributed by atoms with Gasteiger partial charge in [0.05, 0.1) is 31.2 Å². The smallest absolute Gasteiger partial charge is 0.253 e. The molecule has 0 bridgehead atoms. The molecule has 1 fully saturated rings. The highest BCUT2D eigenvalue weighted by Gasteiger charge is 2.19. The topological polar surface area (TPSA) is 76.7 Å². The molecule has 0 unspecified atom stereocenters. The van der Waals surface area contributed by atoms with E-state index in [4.69, 9.17) is 21.1 Å². The standard InChI is InChI=1S/C23H27ClN2O4/c1-29-18-10-8-15(21(14-18)30-2)12-22(27)25-17-9-11-20(24)19(13-17)23(28)26-16-6-4-3-5-7-16/h8-11,13-14,16H,3-7,12H2,1-2H3,(H,25,27)(H,26,28). The van der Waals surface area contributed by atoms with Crippen molar-refractivity contribution in [2.24, 2.45) is 0 Å². The van der Waals surface area contributed by atoms with Gasteiger partial charge in [-0.3, -0.25) is 9.59 Å². The summed E-state index contributed by atoms with van der Waals surface area (Å²) in [7, 11) is 3.12. The van der Waals surface area contributed by atoms with E-state index in [9.17, 15) is 9.59 Å². The van der Waals surface area contributed by atoms with Crippen LogP contribution in [0.15, 0.2) is 36.4 Å². The number of benzene rings is 2. The maximum atomic E-state index is 12.7. The number of anilines is 1. The number of carbonyl (C=O) groups is 2. The molecule has 0 radical (unpaired) electrons. The molecule has 0 spiro atoms. The molecule has 1 saturated carbocycles. The summed E-state index contributed by atoms with van der Waals surface area (Å²) in [4.78, 5) is 25.2. The fourth-order valence-electron chi connectivity index (χ4n) is 3.66. The van der Waals surface area contributed by atoms with Gasteiger partial charge >= 0.3 is 0 Å². The third-order valence-electron chi connectivity index (χ3n) is 5.28. The first-order chi connectivity index (χ1) is 14.5. The van der Waals surface area contributed by atoms with Crippen LogP contribution in [0.25, 0.3) is 0 Å². The van der Waals surface area contributed by atoms with Crippen molar-refractivity contribution < 1.29 is 19.1 Å². The SMILES string of the molecule is COc1ccc(CC(=O)Nc2ccc(Cl)c(C(=O)NC3CCCCC3)c2)c(OC)c1. The van der Waals surface area contributed by atoms with E-state index in [2.05, 4.69) is 10.6 Å². The molecule has 160 valence electrons. The fourth-order valence-corrected chi connectivity index (χ4v) is 3.87. The van der Waals surface area contributed by atoms with Crippen molar-refractivity contribution >= 4 is 29.1 Å². The molecule has 0 aromatic heterocycles. The van der Waals surface area contributed by atoms with Crippen LogP contribution in [0.1, 0.15) is 48.0 Å². The first-order valence-corrected chi connectivity index (χ1v) is 10.5. The lowest BCUT2D eigenvalue weighted by molar-refractivity contribution is -0.115. The Morgan fingerprint density at radius 2 is 1.80 bits per heavy atom. The Balaban J connectivity index is 1.67. The van der Waals surface area contributed by atoms with Gasteiger partial charge in [-0.05, 0) is 37.1 Å². The van der Waals surface area contributed by atoms with E-state index in [-0.39, 0.29) is 24.3 Å². The Bertz CT molecular complexity index is 910. The first kappa shape index (κ1) is 22.0. The van der Waals surface area contributed by atoms with Gasteiger partial charge in [0.25, 0.3) is 5.91 Å². The maximum Gasteiger partial charge on any atom is 0.253 e. The van der Waals surface area contributed by atoms with E-state index >= 15 is 0 Å². The van der Waals surface area contributed by atoms with Gasteiger partial charge in [-0.2, -0.15) is 0 Å². The Morgan fingerprint density at radius 3 is 2.50 bits per heavy atom. The van der Waals surface area contributed by atoms with Crippen molar-refractivity contribution in [3.63, 3.8) is 0 Å². The van der Waals surface area contributed by atoms with Crippen molar-refractivity contribution in [1.29, 1.82) is 0 Å². The predicted octanol–water partition coefficient (Wildman–Crippen LogP) is 4.60. The molecule has 0 saturated heterocycles. The highest BCUT2D eigenvalue weighted by Crippen LogP contribution is 2.26. The van der Waals surface area contributed by atoms with Crippen molar-refractivity contribution in [1.82, 2.24) is 5.32 Å². The van der Waals surface area contributed by atoms with Gasteiger partial charge in [0, 0.05) is 23.4 Å². The summed E-state index contributed by atoms with van der Waals surface area (Å²) in [6.07, 6.45) is 5.58. The maximum absolute atomic E-state index is 12.7. The van der Waals surface area contributed by atoms with E-state index in [1.165, 1.54) is 6.42 Å². The second-order valence-electron chi connectivity index (χ2n) is 7.41. The van der Waals surface area contributed by atoms with Crippen LogP contribution >= 0.6 is 11.6 Å². The van der Waals surface area contributed by atoms with Crippen molar-refractivity contribution in [2.75, 3.05) is 19.5 Å². The minimum atomic E-state index is -0.223. The number of hydrogen-bond acceptors (Lipinski definition) is 4. The zero-order chi connectivity index (χ0) is 21.5. The zero-order valence-corrected chi connectivity index (χ0v) is 18.1. The third kappa shape index (κ3) is 5.66. The molecule has 30 heavy (non-hydrogen) atoms. The number of hydrogen-bond donors (Lipinski definition) is 2. The molecule has 0 heterocycles. The number of nitrogens with one attached hydrogen (secondary N) is 2. The highest BCUT2D eigenvalue weighted by atomic mass is 35.5. The number of methoxy groups -OCH3 is 2. The molecule has 2 N–H and O–H groups in total. The molecule has 0 atom stereocenters. The van der Waals surface area contributed by atoms with E-state index < -0.39 is 0 Å². The fraction of sp³-hybridized carbons (Fsp3) is 0.391. The summed E-state index contributed by atoms with van der Waals surface area (Å²) in [5.74, 6) is 0.801. The monoisotopic (exact) mass is 430 g/mol. The van der Waals surface area contributed by atoms with Crippen LogP contribution in [0.4, 0.5) is 5.69 Å². The number of amides is 2. The van der Waals surface area contributed by atoms with Crippen LogP contribution < -0.4 is 20.1 Å². The van der Waals surface area contributed by atoms with E-state index in [1.54, 1.807) is 50.6 Å². The zero-order valence-electron chi connectivity index (χ0n) is 17.3. The molecule has 2 aromatic rings. The van der Waals surface area contributed by atoms with Crippen LogP contribution in [0, 0.1) is 0 Å². The predicted molar refractivity (Wildman–Crippen MR) is 118 cm³/mol. The van der Waals surface area contributed by atoms with Crippen molar-refractivity contribution in [2.45, 2.75) is 44.6 Å². The second-order valence-corrected chi connectivity index (χ2v) is 7.81. The summed E-state index contributed by atoms with van der Waals surface area (Å²) >= 11 is 6.24. The molecule has 1 aliphatic rings. The van der Waals surface area contributed by atoms with Gasteiger partial charge in [-0.25, -0.2) is 0 Å². The van der Waals surface area contributed by atoms with Crippen LogP contribution in [0.5, 0.6) is 11.5 Å². The average molecular weight is 431 g/mol. The lowest BCUT2D eigenvalue weighted by atomic mass is 9.95. The molecular weight excluding hydrogens is 404 g/mol. The Morgan fingerprint density at radius 1 is 1.03 bits per heavy atom. The van der Waals surface area contributed by atoms with Crippen LogP contribution in [-0.2, 0) is 11.2 Å². The Labute approximate surface area is 181 Å². The van der Waals surface area contributed by atoms with Crippen molar-refractivity contribution in [3.8, 4) is 11.5 Å². The molecule has 2 aromatic carbocycles. The Kier molecular flexibility index (Phi) is 7.57. The van der Waals surface area contributed by atoms with Gasteiger partial charge in [0.2, 0.25) is 5.91 Å². The number of ether oxygens (including phenoxy) is 2. The Hall–Kier alpha value is -2.73. The van der Waals surface area contributed by atoms with Gasteiger partial charge < -0.3 is 20.1 Å². The van der Waals surface area contributed by atoms with E-state index in [0.29, 0.717) is 27.8 Å². The molecule has 2 amide bonds. The van der Waals surface area contributed by atoms with Gasteiger partial charge in [-0.1, -0.05) is 36.9 Å². The molecule has 0 aliphatic heterocycles. The minimum absolute atomic E-state index is 0.124. The molecule has 6 nitrogen and oxygen atoms in total. The number of rotatable bonds is 7. The van der Waals surface area contributed by atoms with Crippen molar-refractivity contribution in [3.05, 3.63) is 52.5 Å². The lowest BCUT2D eigenvalue weighted by Gasteiger charge is -2.23. The van der Waals surface area contributed by atoms with Crippen LogP contribution in [0.3, 0.4) is 0 Å². The summed E-state index contributed by atoms with van der Waals surface area (Å²) in [6.45, 7) is 0. The molecule has 3 rings (SSSR count). The average Bonchev–Trinajstić information content (AvgIpc) is 2.76. The van der Waals surface area contributed by atoms with E-state index in [1.807, 2.05) is 0 Å². The summed E-state index contributed by atoms with van der Waals surface area (Å²) in [5, 5.41) is 6.25. The lowest BCUT2D eigenvalue weighted by Crippen LogP contribution is -2.36. The van der Waals surface area contributed by atoms with Gasteiger partial charge in [-0.15, -0.1) is 0 Å². The number of carbonyl (C=O) groups excluding carboxylic acids is 2. The third-order valence-corrected chi connectivity index (χ3v) is 5.61. The quantitative estimate of drug-likeness (QED) is 0.673. The normalized spacial score (nSPS) is 14.1. The molecular formula is C23H27ClN2O4. The summed E-state index contributed by atoms with van der Waals surface area (Å²) in [6, 6.07) is 10.4. The number of halogens is 1.